The normalized spacial score (nSPS) is 11.8. The van der Waals surface area contributed by atoms with Gasteiger partial charge in [-0.05, 0) is 17.7 Å². The van der Waals surface area contributed by atoms with E-state index in [0.29, 0.717) is 11.5 Å². The van der Waals surface area contributed by atoms with Crippen molar-refractivity contribution < 1.29 is 19.4 Å². The maximum atomic E-state index is 12.5. The molecule has 110 valence electrons. The summed E-state index contributed by atoms with van der Waals surface area (Å²) in [5.41, 5.74) is 1.16. The lowest BCUT2D eigenvalue weighted by Crippen LogP contribution is -2.24. The van der Waals surface area contributed by atoms with E-state index in [4.69, 9.17) is 9.47 Å². The van der Waals surface area contributed by atoms with Gasteiger partial charge in [0.05, 0.1) is 14.2 Å². The van der Waals surface area contributed by atoms with Crippen LogP contribution in [0.1, 0.15) is 15.9 Å². The molecule has 0 amide bonds. The molecule has 0 aromatic heterocycles. The van der Waals surface area contributed by atoms with Gasteiger partial charge in [-0.15, -0.1) is 0 Å². The highest BCUT2D eigenvalue weighted by Crippen LogP contribution is 2.29. The molecule has 1 unspecified atom stereocenters. The van der Waals surface area contributed by atoms with E-state index >= 15 is 0 Å². The van der Waals surface area contributed by atoms with Crippen LogP contribution < -0.4 is 9.47 Å². The van der Waals surface area contributed by atoms with Gasteiger partial charge in [0, 0.05) is 6.42 Å². The van der Waals surface area contributed by atoms with Gasteiger partial charge in [0.15, 0.2) is 5.78 Å². The van der Waals surface area contributed by atoms with Crippen molar-refractivity contribution in [3.63, 3.8) is 0 Å². The molecular weight excluding hydrogens is 268 g/mol. The Morgan fingerprint density at radius 2 is 1.57 bits per heavy atom. The van der Waals surface area contributed by atoms with E-state index < -0.39 is 11.9 Å². The minimum atomic E-state index is -1.14. The molecule has 0 saturated heterocycles. The van der Waals surface area contributed by atoms with Crippen LogP contribution in [0.25, 0.3) is 0 Å². The first-order chi connectivity index (χ1) is 10.2. The highest BCUT2D eigenvalue weighted by atomic mass is 16.5. The Bertz CT molecular complexity index is 585. The topological polar surface area (TPSA) is 55.8 Å². The molecular formula is C17H18O4. The van der Waals surface area contributed by atoms with Crippen LogP contribution in [0.5, 0.6) is 11.5 Å². The molecule has 0 aliphatic carbocycles. The van der Waals surface area contributed by atoms with Crippen LogP contribution in [0.15, 0.2) is 48.5 Å². The van der Waals surface area contributed by atoms with Crippen LogP contribution >= 0.6 is 0 Å². The maximum Gasteiger partial charge on any atom is 0.199 e. The highest BCUT2D eigenvalue weighted by Gasteiger charge is 2.24. The number of carbonyl (C=O) groups is 1. The van der Waals surface area contributed by atoms with Crippen LogP contribution in [0.2, 0.25) is 0 Å². The summed E-state index contributed by atoms with van der Waals surface area (Å²) >= 11 is 0. The van der Waals surface area contributed by atoms with E-state index in [2.05, 4.69) is 0 Å². The Labute approximate surface area is 123 Å². The third-order valence-corrected chi connectivity index (χ3v) is 3.25. The molecule has 0 spiro atoms. The van der Waals surface area contributed by atoms with E-state index in [0.717, 1.165) is 5.56 Å². The number of hydrogen-bond donors (Lipinski definition) is 1. The zero-order valence-electron chi connectivity index (χ0n) is 12.1. The van der Waals surface area contributed by atoms with Crippen molar-refractivity contribution in [2.24, 2.45) is 0 Å². The monoisotopic (exact) mass is 286 g/mol. The van der Waals surface area contributed by atoms with E-state index in [-0.39, 0.29) is 12.0 Å². The van der Waals surface area contributed by atoms with E-state index in [9.17, 15) is 9.90 Å². The van der Waals surface area contributed by atoms with Gasteiger partial charge < -0.3 is 14.6 Å². The number of hydrogen-bond acceptors (Lipinski definition) is 4. The van der Waals surface area contributed by atoms with Crippen molar-refractivity contribution >= 4 is 5.78 Å². The summed E-state index contributed by atoms with van der Waals surface area (Å²) in [5, 5.41) is 10.2. The van der Waals surface area contributed by atoms with Crippen molar-refractivity contribution in [1.82, 2.24) is 0 Å². The fourth-order valence-electron chi connectivity index (χ4n) is 2.19. The van der Waals surface area contributed by atoms with E-state index in [1.54, 1.807) is 18.2 Å². The van der Waals surface area contributed by atoms with Crippen LogP contribution in [0.4, 0.5) is 0 Å². The van der Waals surface area contributed by atoms with Crippen molar-refractivity contribution in [2.45, 2.75) is 12.5 Å². The summed E-state index contributed by atoms with van der Waals surface area (Å²) in [4.78, 5) is 12.5. The van der Waals surface area contributed by atoms with Crippen molar-refractivity contribution in [2.75, 3.05) is 14.2 Å². The molecule has 0 fully saturated rings. The number of aliphatic hydroxyl groups excluding tert-OH is 1. The lowest BCUT2D eigenvalue weighted by molar-refractivity contribution is 0.0741. The molecule has 21 heavy (non-hydrogen) atoms. The smallest absolute Gasteiger partial charge is 0.199 e. The number of methoxy groups -OCH3 is 2. The maximum absolute atomic E-state index is 12.5. The Hall–Kier alpha value is -2.33. The first-order valence-corrected chi connectivity index (χ1v) is 6.64. The summed E-state index contributed by atoms with van der Waals surface area (Å²) in [6.07, 6.45) is -0.890. The third kappa shape index (κ3) is 3.41. The number of ketones is 1. The lowest BCUT2D eigenvalue weighted by Gasteiger charge is -2.15. The van der Waals surface area contributed by atoms with Crippen LogP contribution in [0.3, 0.4) is 0 Å². The molecule has 2 aromatic rings. The summed E-state index contributed by atoms with van der Waals surface area (Å²) in [6.45, 7) is 0. The van der Waals surface area contributed by atoms with E-state index in [1.165, 1.54) is 14.2 Å². The highest BCUT2D eigenvalue weighted by molar-refractivity contribution is 6.04. The van der Waals surface area contributed by atoms with Gasteiger partial charge in [0.25, 0.3) is 0 Å². The molecule has 0 bridgehead atoms. The Morgan fingerprint density at radius 1 is 1.00 bits per heavy atom. The van der Waals surface area contributed by atoms with Gasteiger partial charge >= 0.3 is 0 Å². The summed E-state index contributed by atoms with van der Waals surface area (Å²) in [6, 6.07) is 14.5. The number of carbonyl (C=O) groups excluding carboxylic acids is 1. The SMILES string of the molecule is COc1cccc(OC)c1C(=O)C(O)Cc1ccccc1. The van der Waals surface area contributed by atoms with Crippen LogP contribution in [-0.2, 0) is 6.42 Å². The second kappa shape index (κ2) is 6.90. The number of ether oxygens (including phenoxy) is 2. The standard InChI is InChI=1S/C17H18O4/c1-20-14-9-6-10-15(21-2)16(14)17(19)13(18)11-12-7-4-3-5-8-12/h3-10,13,18H,11H2,1-2H3. The molecule has 1 atom stereocenters. The van der Waals surface area contributed by atoms with Gasteiger partial charge in [-0.25, -0.2) is 0 Å². The van der Waals surface area contributed by atoms with Crippen molar-refractivity contribution in [3.8, 4) is 11.5 Å². The lowest BCUT2D eigenvalue weighted by atomic mass is 9.98. The second-order valence-corrected chi connectivity index (χ2v) is 4.61. The Balaban J connectivity index is 2.27. The second-order valence-electron chi connectivity index (χ2n) is 4.61. The number of rotatable bonds is 6. The predicted octanol–water partition coefficient (Wildman–Crippen LogP) is 2.49. The van der Waals surface area contributed by atoms with Crippen molar-refractivity contribution in [1.29, 1.82) is 0 Å². The Morgan fingerprint density at radius 3 is 2.10 bits per heavy atom. The minimum Gasteiger partial charge on any atom is -0.496 e. The largest absolute Gasteiger partial charge is 0.496 e. The number of Topliss-reactive ketones (excluding diaryl/α,β-unsaturated/α-hetero) is 1. The van der Waals surface area contributed by atoms with Gasteiger partial charge in [-0.1, -0.05) is 36.4 Å². The van der Waals surface area contributed by atoms with Gasteiger partial charge in [-0.2, -0.15) is 0 Å². The number of benzene rings is 2. The quantitative estimate of drug-likeness (QED) is 0.829. The molecule has 2 aromatic carbocycles. The summed E-state index contributed by atoms with van der Waals surface area (Å²) in [5.74, 6) is 0.381. The molecule has 4 nitrogen and oxygen atoms in total. The first kappa shape index (κ1) is 15.1. The van der Waals surface area contributed by atoms with E-state index in [1.807, 2.05) is 30.3 Å². The van der Waals surface area contributed by atoms with Gasteiger partial charge in [0.1, 0.15) is 23.2 Å². The molecule has 0 aliphatic rings. The molecule has 1 N–H and O–H groups in total. The fourth-order valence-corrected chi connectivity index (χ4v) is 2.19. The minimum absolute atomic E-state index is 0.251. The van der Waals surface area contributed by atoms with Crippen LogP contribution in [0, 0.1) is 0 Å². The molecule has 2 rings (SSSR count). The Kier molecular flexibility index (Phi) is 4.95. The predicted molar refractivity (Wildman–Crippen MR) is 80.0 cm³/mol. The van der Waals surface area contributed by atoms with Crippen LogP contribution in [-0.4, -0.2) is 31.2 Å². The zero-order valence-corrected chi connectivity index (χ0v) is 12.1. The van der Waals surface area contributed by atoms with Gasteiger partial charge in [-0.3, -0.25) is 4.79 Å². The average Bonchev–Trinajstić information content (AvgIpc) is 2.54. The molecule has 0 heterocycles. The zero-order chi connectivity index (χ0) is 15.2. The van der Waals surface area contributed by atoms with Gasteiger partial charge in [0.2, 0.25) is 0 Å². The summed E-state index contributed by atoms with van der Waals surface area (Å²) in [7, 11) is 2.96. The average molecular weight is 286 g/mol. The third-order valence-electron chi connectivity index (χ3n) is 3.25. The molecule has 0 aliphatic heterocycles. The fraction of sp³-hybridized carbons (Fsp3) is 0.235. The molecule has 0 radical (unpaired) electrons. The first-order valence-electron chi connectivity index (χ1n) is 6.64. The summed E-state index contributed by atoms with van der Waals surface area (Å²) < 4.78 is 10.4. The molecule has 0 saturated carbocycles. The van der Waals surface area contributed by atoms with Crippen molar-refractivity contribution in [3.05, 3.63) is 59.7 Å². The number of aliphatic hydroxyl groups is 1. The molecule has 4 heteroatoms.